The summed E-state index contributed by atoms with van der Waals surface area (Å²) >= 11 is 0. The molecular weight excluding hydrogens is 695 g/mol. The lowest BCUT2D eigenvalue weighted by atomic mass is 9.85. The second-order valence-corrected chi connectivity index (χ2v) is 17.2. The van der Waals surface area contributed by atoms with E-state index in [1.54, 1.807) is 12.1 Å². The van der Waals surface area contributed by atoms with Gasteiger partial charge in [0, 0.05) is 12.6 Å². The van der Waals surface area contributed by atoms with Crippen LogP contribution in [-0.2, 0) is 20.2 Å². The van der Waals surface area contributed by atoms with Crippen molar-refractivity contribution in [3.63, 3.8) is 0 Å². The molecule has 2 aliphatic rings. The molecule has 9 atom stereocenters. The van der Waals surface area contributed by atoms with E-state index in [0.717, 1.165) is 60.6 Å². The SMILES string of the molecule is Cc1cc(OP(=O)(O)OC2CO[C@@H](n3ccc(N)nc3=O)C(F)[C@@H](F)[C@H](O)C2)cc2c1OC(C)(CCCC(C)CCCC(C)CCCC(C)C)CC2. The molecule has 4 N–H and O–H groups in total. The molecule has 52 heavy (non-hydrogen) atoms. The van der Waals surface area contributed by atoms with Crippen molar-refractivity contribution in [1.82, 2.24) is 9.55 Å². The van der Waals surface area contributed by atoms with Gasteiger partial charge < -0.3 is 24.8 Å². The number of rotatable bonds is 17. The zero-order valence-corrected chi connectivity index (χ0v) is 32.5. The maximum Gasteiger partial charge on any atom is 0.527 e. The highest BCUT2D eigenvalue weighted by atomic mass is 31.2. The van der Waals surface area contributed by atoms with Gasteiger partial charge in [0.15, 0.2) is 18.6 Å². The van der Waals surface area contributed by atoms with Gasteiger partial charge in [-0.25, -0.2) is 18.1 Å². The molecule has 0 saturated carbocycles. The largest absolute Gasteiger partial charge is 0.527 e. The Hall–Kier alpha value is -2.57. The number of aliphatic hydroxyl groups excluding tert-OH is 1. The molecule has 1 saturated heterocycles. The fourth-order valence-electron chi connectivity index (χ4n) is 7.28. The summed E-state index contributed by atoms with van der Waals surface area (Å²) in [5.41, 5.74) is 5.75. The molecule has 0 radical (unpaired) electrons. The van der Waals surface area contributed by atoms with Crippen molar-refractivity contribution >= 4 is 13.6 Å². The lowest BCUT2D eigenvalue weighted by Gasteiger charge is -2.37. The molecule has 1 aromatic carbocycles. The van der Waals surface area contributed by atoms with Crippen LogP contribution in [0.3, 0.4) is 0 Å². The molecule has 0 amide bonds. The summed E-state index contributed by atoms with van der Waals surface area (Å²) in [6.07, 6.45) is 2.86. The second-order valence-electron chi connectivity index (χ2n) is 15.9. The number of fused-ring (bicyclic) bond motifs is 1. The Kier molecular flexibility index (Phi) is 15.1. The molecule has 1 aromatic heterocycles. The van der Waals surface area contributed by atoms with E-state index >= 15 is 4.39 Å². The standard InChI is InChI=1S/C38H60F2N3O8P/c1-24(2)10-7-11-25(3)12-8-13-26(4)14-9-17-38(6)18-15-28-21-29(20-27(5)35(28)49-38)50-52(46,47)51-30-22-31(44)33(39)34(40)36(48-23-30)43-19-16-32(41)42-37(43)45/h16,19-21,24-26,30-31,33-34,36,44H,7-15,17-18,22-23H2,1-6H3,(H,46,47)(H2,41,42,45)/t25?,26?,30?,31-,33+,34?,36-,38?/m1/s1. The number of phosphoric acid groups is 1. The van der Waals surface area contributed by atoms with Crippen LogP contribution in [0.15, 0.2) is 29.2 Å². The first-order valence-electron chi connectivity index (χ1n) is 18.9. The molecule has 3 heterocycles. The molecule has 1 fully saturated rings. The van der Waals surface area contributed by atoms with Crippen molar-refractivity contribution in [3.8, 4) is 11.5 Å². The van der Waals surface area contributed by atoms with Gasteiger partial charge >= 0.3 is 13.5 Å². The number of nitrogens with two attached hydrogens (primary N) is 1. The first-order chi connectivity index (χ1) is 24.4. The Morgan fingerprint density at radius 3 is 2.38 bits per heavy atom. The van der Waals surface area contributed by atoms with E-state index in [4.69, 9.17) is 24.3 Å². The van der Waals surface area contributed by atoms with Crippen molar-refractivity contribution in [1.29, 1.82) is 0 Å². The fourth-order valence-corrected chi connectivity index (χ4v) is 8.21. The van der Waals surface area contributed by atoms with E-state index in [9.17, 15) is 23.7 Å². The third kappa shape index (κ3) is 12.2. The number of phosphoric ester groups is 1. The predicted octanol–water partition coefficient (Wildman–Crippen LogP) is 8.18. The number of nitrogen functional groups attached to an aromatic ring is 1. The predicted molar refractivity (Wildman–Crippen MR) is 197 cm³/mol. The minimum Gasteiger partial charge on any atom is -0.487 e. The molecule has 4 rings (SSSR count). The van der Waals surface area contributed by atoms with Gasteiger partial charge in [-0.3, -0.25) is 14.0 Å². The van der Waals surface area contributed by atoms with Crippen LogP contribution < -0.4 is 20.7 Å². The first kappa shape index (κ1) is 42.2. The highest BCUT2D eigenvalue weighted by Gasteiger charge is 2.43. The monoisotopic (exact) mass is 755 g/mol. The van der Waals surface area contributed by atoms with Gasteiger partial charge in [0.05, 0.1) is 18.8 Å². The second kappa shape index (κ2) is 18.7. The number of aromatic nitrogens is 2. The smallest absolute Gasteiger partial charge is 0.487 e. The Labute approximate surface area is 307 Å². The molecule has 0 aliphatic carbocycles. The van der Waals surface area contributed by atoms with Crippen LogP contribution in [0.1, 0.15) is 123 Å². The van der Waals surface area contributed by atoms with Crippen molar-refractivity contribution in [3.05, 3.63) is 46.0 Å². The number of nitrogens with zero attached hydrogens (tertiary/aromatic N) is 2. The topological polar surface area (TPSA) is 155 Å². The number of ether oxygens (including phenoxy) is 2. The average molecular weight is 756 g/mol. The van der Waals surface area contributed by atoms with E-state index in [-0.39, 0.29) is 17.2 Å². The summed E-state index contributed by atoms with van der Waals surface area (Å²) in [4.78, 5) is 26.5. The van der Waals surface area contributed by atoms with E-state index in [1.807, 2.05) is 6.92 Å². The van der Waals surface area contributed by atoms with Crippen molar-refractivity contribution in [2.45, 2.75) is 155 Å². The molecule has 11 nitrogen and oxygen atoms in total. The van der Waals surface area contributed by atoms with E-state index < -0.39 is 57.3 Å². The molecule has 2 aromatic rings. The fraction of sp³-hybridized carbons (Fsp3) is 0.737. The summed E-state index contributed by atoms with van der Waals surface area (Å²) in [5, 5.41) is 10.4. The lowest BCUT2D eigenvalue weighted by molar-refractivity contribution is -0.142. The summed E-state index contributed by atoms with van der Waals surface area (Å²) in [6.45, 7) is 12.7. The number of benzene rings is 1. The van der Waals surface area contributed by atoms with Crippen LogP contribution in [0, 0.1) is 24.7 Å². The molecule has 294 valence electrons. The van der Waals surface area contributed by atoms with Crippen LogP contribution in [-0.4, -0.2) is 56.3 Å². The number of halogens is 2. The van der Waals surface area contributed by atoms with Gasteiger partial charge in [-0.2, -0.15) is 4.98 Å². The number of hydrogen-bond acceptors (Lipinski definition) is 9. The summed E-state index contributed by atoms with van der Waals surface area (Å²) in [5.74, 6) is 2.93. The lowest BCUT2D eigenvalue weighted by Crippen LogP contribution is -2.46. The Morgan fingerprint density at radius 2 is 1.73 bits per heavy atom. The zero-order chi connectivity index (χ0) is 38.2. The van der Waals surface area contributed by atoms with Crippen molar-refractivity contribution in [2.75, 3.05) is 12.3 Å². The van der Waals surface area contributed by atoms with Crippen LogP contribution in [0.4, 0.5) is 14.6 Å². The quantitative estimate of drug-likeness (QED) is 0.135. The Morgan fingerprint density at radius 1 is 1.08 bits per heavy atom. The van der Waals surface area contributed by atoms with E-state index in [1.165, 1.54) is 44.6 Å². The first-order valence-corrected chi connectivity index (χ1v) is 20.4. The molecule has 6 unspecified atom stereocenters. The molecule has 0 spiro atoms. The summed E-state index contributed by atoms with van der Waals surface area (Å²) in [6, 6.07) is 4.44. The van der Waals surface area contributed by atoms with Gasteiger partial charge in [-0.05, 0) is 86.6 Å². The van der Waals surface area contributed by atoms with Crippen LogP contribution in [0.5, 0.6) is 11.5 Å². The van der Waals surface area contributed by atoms with E-state index in [0.29, 0.717) is 16.9 Å². The molecule has 0 bridgehead atoms. The zero-order valence-electron chi connectivity index (χ0n) is 31.6. The minimum absolute atomic E-state index is 0.0780. The van der Waals surface area contributed by atoms with Crippen molar-refractivity contribution in [2.24, 2.45) is 17.8 Å². The van der Waals surface area contributed by atoms with Gasteiger partial charge in [0.2, 0.25) is 0 Å². The third-order valence-electron chi connectivity index (χ3n) is 10.4. The molecular formula is C38H60F2N3O8P. The Bertz CT molecular complexity index is 1560. The highest BCUT2D eigenvalue weighted by molar-refractivity contribution is 7.47. The molecule has 2 aliphatic heterocycles. The minimum atomic E-state index is -4.86. The third-order valence-corrected chi connectivity index (χ3v) is 11.4. The van der Waals surface area contributed by atoms with Gasteiger partial charge in [-0.15, -0.1) is 0 Å². The van der Waals surface area contributed by atoms with Gasteiger partial charge in [-0.1, -0.05) is 72.6 Å². The number of hydrogen-bond donors (Lipinski definition) is 3. The highest BCUT2D eigenvalue weighted by Crippen LogP contribution is 2.49. The number of anilines is 1. The van der Waals surface area contributed by atoms with E-state index in [2.05, 4.69) is 39.6 Å². The number of alkyl halides is 2. The van der Waals surface area contributed by atoms with Crippen LogP contribution in [0.25, 0.3) is 0 Å². The van der Waals surface area contributed by atoms with Crippen LogP contribution >= 0.6 is 7.82 Å². The average Bonchev–Trinajstić information content (AvgIpc) is 3.04. The Balaban J connectivity index is 1.29. The summed E-state index contributed by atoms with van der Waals surface area (Å²) < 4.78 is 66.5. The maximum atomic E-state index is 15.0. The number of aryl methyl sites for hydroxylation is 2. The van der Waals surface area contributed by atoms with Crippen LogP contribution in [0.2, 0.25) is 0 Å². The van der Waals surface area contributed by atoms with Gasteiger partial charge in [0.1, 0.15) is 22.9 Å². The van der Waals surface area contributed by atoms with Gasteiger partial charge in [0.25, 0.3) is 0 Å². The molecule has 14 heteroatoms. The maximum absolute atomic E-state index is 15.0. The number of aliphatic hydroxyl groups is 1. The summed E-state index contributed by atoms with van der Waals surface area (Å²) in [7, 11) is -4.86. The van der Waals surface area contributed by atoms with Crippen molar-refractivity contribution < 1.29 is 41.9 Å². The normalized spacial score (nSPS) is 27.5.